The van der Waals surface area contributed by atoms with Crippen molar-refractivity contribution in [1.82, 2.24) is 19.9 Å². The van der Waals surface area contributed by atoms with E-state index in [4.69, 9.17) is 4.74 Å². The highest BCUT2D eigenvalue weighted by Gasteiger charge is 2.28. The first-order valence-corrected chi connectivity index (χ1v) is 7.17. The zero-order valence-corrected chi connectivity index (χ0v) is 12.0. The second kappa shape index (κ2) is 6.09. The summed E-state index contributed by atoms with van der Waals surface area (Å²) >= 11 is 0. The van der Waals surface area contributed by atoms with E-state index < -0.39 is 0 Å². The molecule has 1 saturated carbocycles. The lowest BCUT2D eigenvalue weighted by atomic mass is 10.4. The molecule has 7 heteroatoms. The van der Waals surface area contributed by atoms with Gasteiger partial charge in [0.2, 0.25) is 0 Å². The van der Waals surface area contributed by atoms with E-state index in [0.29, 0.717) is 30.4 Å². The fraction of sp³-hybridized carbons (Fsp3) is 0.500. The average Bonchev–Trinajstić information content (AvgIpc) is 3.23. The van der Waals surface area contributed by atoms with Crippen molar-refractivity contribution in [2.24, 2.45) is 0 Å². The topological polar surface area (TPSA) is 80.5 Å². The van der Waals surface area contributed by atoms with E-state index in [1.165, 1.54) is 0 Å². The summed E-state index contributed by atoms with van der Waals surface area (Å²) in [5, 5.41) is 10.1. The molecule has 0 aromatic carbocycles. The summed E-state index contributed by atoms with van der Waals surface area (Å²) in [5.41, 5.74) is 1.35. The maximum atomic E-state index is 11.9. The lowest BCUT2D eigenvalue weighted by Crippen LogP contribution is -2.30. The molecular weight excluding hydrogens is 270 g/mol. The number of pyridine rings is 1. The van der Waals surface area contributed by atoms with Crippen molar-refractivity contribution in [2.45, 2.75) is 25.2 Å². The quantitative estimate of drug-likeness (QED) is 0.794. The first-order chi connectivity index (χ1) is 10.3. The summed E-state index contributed by atoms with van der Waals surface area (Å²) in [6.07, 6.45) is 4.93. The SMILES string of the molecule is COCCCNC(=O)Nc1cccn2nc(C3CC3)nc12. The second-order valence-electron chi connectivity index (χ2n) is 5.16. The Morgan fingerprint density at radius 3 is 3.14 bits per heavy atom. The van der Waals surface area contributed by atoms with Gasteiger partial charge in [-0.25, -0.2) is 14.3 Å². The largest absolute Gasteiger partial charge is 0.385 e. The molecule has 112 valence electrons. The number of hydrogen-bond donors (Lipinski definition) is 2. The van der Waals surface area contributed by atoms with Crippen molar-refractivity contribution in [1.29, 1.82) is 0 Å². The number of methoxy groups -OCH3 is 1. The lowest BCUT2D eigenvalue weighted by molar-refractivity contribution is 0.194. The van der Waals surface area contributed by atoms with Gasteiger partial charge in [-0.15, -0.1) is 0 Å². The van der Waals surface area contributed by atoms with Crippen LogP contribution in [0.4, 0.5) is 10.5 Å². The Hall–Kier alpha value is -2.15. The number of nitrogens with one attached hydrogen (secondary N) is 2. The van der Waals surface area contributed by atoms with Gasteiger partial charge in [-0.2, -0.15) is 5.10 Å². The Morgan fingerprint density at radius 2 is 2.38 bits per heavy atom. The maximum Gasteiger partial charge on any atom is 0.319 e. The monoisotopic (exact) mass is 289 g/mol. The number of aromatic nitrogens is 3. The molecule has 0 unspecified atom stereocenters. The number of carbonyl (C=O) groups excluding carboxylic acids is 1. The molecular formula is C14H19N5O2. The number of nitrogens with zero attached hydrogens (tertiary/aromatic N) is 3. The standard InChI is InChI=1S/C14H19N5O2/c1-21-9-3-7-15-14(20)16-11-4-2-8-19-13(11)17-12(18-19)10-5-6-10/h2,4,8,10H,3,5-7,9H2,1H3,(H2,15,16,20). The Balaban J connectivity index is 1.67. The Kier molecular flexibility index (Phi) is 4.01. The Labute approximate surface area is 122 Å². The third kappa shape index (κ3) is 3.30. The predicted molar refractivity (Wildman–Crippen MR) is 78.5 cm³/mol. The number of amides is 2. The molecule has 2 aromatic heterocycles. The number of ether oxygens (including phenoxy) is 1. The number of fused-ring (bicyclic) bond motifs is 1. The second-order valence-corrected chi connectivity index (χ2v) is 5.16. The van der Waals surface area contributed by atoms with Gasteiger partial charge >= 0.3 is 6.03 Å². The van der Waals surface area contributed by atoms with Gasteiger partial charge in [0.1, 0.15) is 0 Å². The molecule has 2 N–H and O–H groups in total. The molecule has 3 rings (SSSR count). The molecule has 1 aliphatic rings. The lowest BCUT2D eigenvalue weighted by Gasteiger charge is -2.07. The minimum absolute atomic E-state index is 0.241. The van der Waals surface area contributed by atoms with Crippen LogP contribution in [-0.2, 0) is 4.74 Å². The molecule has 0 aliphatic heterocycles. The summed E-state index contributed by atoms with van der Waals surface area (Å²) in [7, 11) is 1.64. The van der Waals surface area contributed by atoms with Gasteiger partial charge in [-0.05, 0) is 31.4 Å². The van der Waals surface area contributed by atoms with Crippen molar-refractivity contribution in [3.05, 3.63) is 24.2 Å². The van der Waals surface area contributed by atoms with E-state index in [1.807, 2.05) is 18.3 Å². The summed E-state index contributed by atoms with van der Waals surface area (Å²) in [5.74, 6) is 1.35. The summed E-state index contributed by atoms with van der Waals surface area (Å²) in [4.78, 5) is 16.4. The third-order valence-corrected chi connectivity index (χ3v) is 3.38. The van der Waals surface area contributed by atoms with Gasteiger partial charge in [0.25, 0.3) is 0 Å². The molecule has 2 heterocycles. The number of urea groups is 1. The summed E-state index contributed by atoms with van der Waals surface area (Å²) in [6.45, 7) is 1.20. The van der Waals surface area contributed by atoms with Crippen LogP contribution in [0.1, 0.15) is 31.0 Å². The molecule has 7 nitrogen and oxygen atoms in total. The molecule has 0 spiro atoms. The van der Waals surface area contributed by atoms with Crippen LogP contribution in [0.25, 0.3) is 5.65 Å². The van der Waals surface area contributed by atoms with E-state index in [9.17, 15) is 4.79 Å². The average molecular weight is 289 g/mol. The van der Waals surface area contributed by atoms with Crippen LogP contribution in [0.3, 0.4) is 0 Å². The van der Waals surface area contributed by atoms with Gasteiger partial charge in [0.15, 0.2) is 11.5 Å². The van der Waals surface area contributed by atoms with Crippen LogP contribution >= 0.6 is 0 Å². The molecule has 1 aliphatic carbocycles. The normalized spacial score (nSPS) is 14.3. The number of hydrogen-bond acceptors (Lipinski definition) is 4. The molecule has 0 atom stereocenters. The minimum atomic E-state index is -0.241. The molecule has 2 amide bonds. The minimum Gasteiger partial charge on any atom is -0.385 e. The first-order valence-electron chi connectivity index (χ1n) is 7.17. The predicted octanol–water partition coefficient (Wildman–Crippen LogP) is 1.76. The van der Waals surface area contributed by atoms with Gasteiger partial charge in [0.05, 0.1) is 5.69 Å². The Bertz CT molecular complexity index is 635. The highest BCUT2D eigenvalue weighted by molar-refractivity contribution is 5.92. The Morgan fingerprint density at radius 1 is 1.52 bits per heavy atom. The van der Waals surface area contributed by atoms with Crippen LogP contribution in [0.15, 0.2) is 18.3 Å². The van der Waals surface area contributed by atoms with Crippen molar-refractivity contribution in [3.8, 4) is 0 Å². The van der Waals surface area contributed by atoms with Crippen molar-refractivity contribution in [2.75, 3.05) is 25.6 Å². The van der Waals surface area contributed by atoms with Crippen molar-refractivity contribution >= 4 is 17.4 Å². The zero-order chi connectivity index (χ0) is 14.7. The molecule has 21 heavy (non-hydrogen) atoms. The van der Waals surface area contributed by atoms with Gasteiger partial charge < -0.3 is 15.4 Å². The molecule has 1 fully saturated rings. The van der Waals surface area contributed by atoms with Crippen LogP contribution < -0.4 is 10.6 Å². The van der Waals surface area contributed by atoms with Crippen LogP contribution in [0.2, 0.25) is 0 Å². The number of carbonyl (C=O) groups is 1. The van der Waals surface area contributed by atoms with Gasteiger partial charge in [0, 0.05) is 32.4 Å². The highest BCUT2D eigenvalue weighted by Crippen LogP contribution is 2.38. The smallest absolute Gasteiger partial charge is 0.319 e. The van der Waals surface area contributed by atoms with E-state index in [1.54, 1.807) is 11.6 Å². The molecule has 0 radical (unpaired) electrons. The van der Waals surface area contributed by atoms with Gasteiger partial charge in [-0.1, -0.05) is 0 Å². The van der Waals surface area contributed by atoms with Crippen LogP contribution in [0, 0.1) is 0 Å². The van der Waals surface area contributed by atoms with E-state index >= 15 is 0 Å². The number of anilines is 1. The molecule has 0 saturated heterocycles. The fourth-order valence-electron chi connectivity index (χ4n) is 2.12. The zero-order valence-electron chi connectivity index (χ0n) is 12.0. The fourth-order valence-corrected chi connectivity index (χ4v) is 2.12. The highest BCUT2D eigenvalue weighted by atomic mass is 16.5. The maximum absolute atomic E-state index is 11.9. The summed E-state index contributed by atoms with van der Waals surface area (Å²) < 4.78 is 6.65. The number of rotatable bonds is 6. The van der Waals surface area contributed by atoms with Crippen molar-refractivity contribution in [3.63, 3.8) is 0 Å². The van der Waals surface area contributed by atoms with Gasteiger partial charge in [-0.3, -0.25) is 0 Å². The van der Waals surface area contributed by atoms with E-state index in [-0.39, 0.29) is 6.03 Å². The first kappa shape index (κ1) is 13.8. The van der Waals surface area contributed by atoms with Crippen LogP contribution in [-0.4, -0.2) is 40.9 Å². The van der Waals surface area contributed by atoms with Crippen molar-refractivity contribution < 1.29 is 9.53 Å². The van der Waals surface area contributed by atoms with E-state index in [2.05, 4.69) is 20.7 Å². The third-order valence-electron chi connectivity index (χ3n) is 3.38. The van der Waals surface area contributed by atoms with Crippen LogP contribution in [0.5, 0.6) is 0 Å². The molecule has 2 aromatic rings. The summed E-state index contributed by atoms with van der Waals surface area (Å²) in [6, 6.07) is 3.43. The van der Waals surface area contributed by atoms with E-state index in [0.717, 1.165) is 25.1 Å². The molecule has 0 bridgehead atoms.